The molecule has 0 radical (unpaired) electrons. The molecular weight excluding hydrogens is 453 g/mol. The minimum absolute atomic E-state index is 0.0270. The average Bonchev–Trinajstić information content (AvgIpc) is 2.87. The Morgan fingerprint density at radius 1 is 1.08 bits per heavy atom. The number of nitriles is 1. The molecule has 0 saturated carbocycles. The Morgan fingerprint density at radius 2 is 1.85 bits per heavy atom. The number of thioether (sulfide) groups is 1. The maximum absolute atomic E-state index is 13.0. The highest BCUT2D eigenvalue weighted by atomic mass is 127. The van der Waals surface area contributed by atoms with Crippen molar-refractivity contribution in [2.75, 3.05) is 4.43 Å². The number of nitrogens with zero attached hydrogens (tertiary/aromatic N) is 1. The lowest BCUT2D eigenvalue weighted by molar-refractivity contribution is 0.0959. The number of hydrogen-bond donors (Lipinski definition) is 0. The van der Waals surface area contributed by atoms with Gasteiger partial charge in [0.15, 0.2) is 5.78 Å². The molecule has 2 nitrogen and oxygen atoms in total. The molecule has 1 atom stereocenters. The van der Waals surface area contributed by atoms with Gasteiger partial charge in [-0.3, -0.25) is 4.79 Å². The first-order valence-electron chi connectivity index (χ1n) is 8.43. The predicted molar refractivity (Wildman–Crippen MR) is 117 cm³/mol. The van der Waals surface area contributed by atoms with Crippen LogP contribution >= 0.6 is 34.4 Å². The van der Waals surface area contributed by atoms with Crippen molar-refractivity contribution in [3.05, 3.63) is 71.3 Å². The molecule has 4 heteroatoms. The van der Waals surface area contributed by atoms with E-state index in [0.717, 1.165) is 55.6 Å². The second-order valence-electron chi connectivity index (χ2n) is 6.58. The molecule has 0 aromatic heterocycles. The minimum atomic E-state index is -0.820. The lowest BCUT2D eigenvalue weighted by Gasteiger charge is -2.19. The van der Waals surface area contributed by atoms with Crippen LogP contribution in [0.25, 0.3) is 21.9 Å². The van der Waals surface area contributed by atoms with E-state index >= 15 is 0 Å². The monoisotopic (exact) mass is 469 g/mol. The van der Waals surface area contributed by atoms with Crippen molar-refractivity contribution in [3.8, 4) is 16.5 Å². The molecule has 0 heterocycles. The number of carbonyl (C=O) groups excluding carboxylic acids is 1. The minimum Gasteiger partial charge on any atom is -0.292 e. The van der Waals surface area contributed by atoms with Crippen LogP contribution in [-0.2, 0) is 11.2 Å². The fourth-order valence-corrected chi connectivity index (χ4v) is 5.07. The molecule has 128 valence electrons. The van der Waals surface area contributed by atoms with Crippen LogP contribution in [0.2, 0.25) is 0 Å². The maximum atomic E-state index is 13.0. The van der Waals surface area contributed by atoms with Gasteiger partial charge in [0.1, 0.15) is 10.1 Å². The Bertz CT molecular complexity index is 1070. The van der Waals surface area contributed by atoms with Gasteiger partial charge in [0.05, 0.1) is 0 Å². The molecule has 0 aliphatic heterocycles. The zero-order valence-electron chi connectivity index (χ0n) is 14.3. The SMILES string of the molecule is CC1(SC#N)C(=O)c2cccc3c(-c4ccc(CCI)cc4)ccc1c23. The van der Waals surface area contributed by atoms with Gasteiger partial charge in [0, 0.05) is 9.99 Å². The summed E-state index contributed by atoms with van der Waals surface area (Å²) in [5.74, 6) is 0.0270. The van der Waals surface area contributed by atoms with Crippen molar-refractivity contribution >= 4 is 50.9 Å². The van der Waals surface area contributed by atoms with Crippen LogP contribution in [0, 0.1) is 10.7 Å². The Kier molecular flexibility index (Phi) is 4.54. The van der Waals surface area contributed by atoms with Crippen LogP contribution in [0.15, 0.2) is 54.6 Å². The molecular formula is C22H16INOS. The molecule has 0 saturated heterocycles. The molecule has 1 aliphatic carbocycles. The molecule has 3 aromatic carbocycles. The predicted octanol–water partition coefficient (Wildman–Crippen LogP) is 6.11. The Hall–Kier alpha value is -1.84. The fraction of sp³-hybridized carbons (Fsp3) is 0.182. The lowest BCUT2D eigenvalue weighted by Crippen LogP contribution is -2.23. The van der Waals surface area contributed by atoms with Crippen molar-refractivity contribution in [2.45, 2.75) is 18.1 Å². The van der Waals surface area contributed by atoms with E-state index in [1.165, 1.54) is 5.56 Å². The van der Waals surface area contributed by atoms with Crippen molar-refractivity contribution < 1.29 is 4.79 Å². The quantitative estimate of drug-likeness (QED) is 0.263. The highest BCUT2D eigenvalue weighted by molar-refractivity contribution is 14.1. The van der Waals surface area contributed by atoms with Gasteiger partial charge in [0.25, 0.3) is 0 Å². The largest absolute Gasteiger partial charge is 0.292 e. The molecule has 0 spiro atoms. The van der Waals surface area contributed by atoms with E-state index in [4.69, 9.17) is 0 Å². The first-order valence-corrected chi connectivity index (χ1v) is 10.8. The van der Waals surface area contributed by atoms with Crippen LogP contribution in [0.4, 0.5) is 0 Å². The van der Waals surface area contributed by atoms with E-state index in [9.17, 15) is 10.1 Å². The molecule has 4 rings (SSSR count). The van der Waals surface area contributed by atoms with Crippen molar-refractivity contribution in [2.24, 2.45) is 0 Å². The van der Waals surface area contributed by atoms with Gasteiger partial charge in [-0.1, -0.05) is 77.2 Å². The number of halogens is 1. The summed E-state index contributed by atoms with van der Waals surface area (Å²) in [5, 5.41) is 13.4. The van der Waals surface area contributed by atoms with Crippen LogP contribution in [0.1, 0.15) is 28.4 Å². The second kappa shape index (κ2) is 6.71. The highest BCUT2D eigenvalue weighted by Gasteiger charge is 2.44. The third-order valence-corrected chi connectivity index (χ3v) is 6.57. The number of hydrogen-bond acceptors (Lipinski definition) is 3. The van der Waals surface area contributed by atoms with E-state index in [1.807, 2.05) is 25.1 Å². The zero-order chi connectivity index (χ0) is 18.3. The van der Waals surface area contributed by atoms with Gasteiger partial charge >= 0.3 is 0 Å². The summed E-state index contributed by atoms with van der Waals surface area (Å²) >= 11 is 3.44. The topological polar surface area (TPSA) is 40.9 Å². The van der Waals surface area contributed by atoms with E-state index in [-0.39, 0.29) is 5.78 Å². The summed E-state index contributed by atoms with van der Waals surface area (Å²) in [6.45, 7) is 1.86. The number of rotatable bonds is 4. The summed E-state index contributed by atoms with van der Waals surface area (Å²) in [6.07, 6.45) is 1.07. The molecule has 0 fully saturated rings. The van der Waals surface area contributed by atoms with Crippen LogP contribution in [0.5, 0.6) is 0 Å². The van der Waals surface area contributed by atoms with Gasteiger partial charge < -0.3 is 0 Å². The number of alkyl halides is 1. The van der Waals surface area contributed by atoms with Gasteiger partial charge in [-0.05, 0) is 58.1 Å². The number of carbonyl (C=O) groups is 1. The third-order valence-electron chi connectivity index (χ3n) is 5.13. The fourth-order valence-electron chi connectivity index (χ4n) is 3.78. The first kappa shape index (κ1) is 17.6. The van der Waals surface area contributed by atoms with Crippen LogP contribution < -0.4 is 0 Å². The number of thiocyanates is 1. The van der Waals surface area contributed by atoms with Gasteiger partial charge in [-0.2, -0.15) is 5.26 Å². The normalized spacial score (nSPS) is 18.3. The number of aryl methyl sites for hydroxylation is 1. The summed E-state index contributed by atoms with van der Waals surface area (Å²) in [4.78, 5) is 13.0. The van der Waals surface area contributed by atoms with Crippen molar-refractivity contribution in [1.29, 1.82) is 5.26 Å². The summed E-state index contributed by atoms with van der Waals surface area (Å²) < 4.78 is 0.286. The summed E-state index contributed by atoms with van der Waals surface area (Å²) in [6, 6.07) is 18.7. The number of benzene rings is 3. The third kappa shape index (κ3) is 2.57. The average molecular weight is 469 g/mol. The first-order chi connectivity index (χ1) is 12.6. The molecule has 0 bridgehead atoms. The van der Waals surface area contributed by atoms with Crippen LogP contribution in [-0.4, -0.2) is 10.2 Å². The van der Waals surface area contributed by atoms with Crippen LogP contribution in [0.3, 0.4) is 0 Å². The van der Waals surface area contributed by atoms with Gasteiger partial charge in [0.2, 0.25) is 0 Å². The Labute approximate surface area is 170 Å². The zero-order valence-corrected chi connectivity index (χ0v) is 17.2. The number of Topliss-reactive ketones (excluding diaryl/α,β-unsaturated/α-hetero) is 1. The molecule has 0 amide bonds. The van der Waals surface area contributed by atoms with Crippen molar-refractivity contribution in [1.82, 2.24) is 0 Å². The molecule has 26 heavy (non-hydrogen) atoms. The van der Waals surface area contributed by atoms with E-state index in [0.29, 0.717) is 0 Å². The molecule has 3 aromatic rings. The lowest BCUT2D eigenvalue weighted by atomic mass is 9.93. The van der Waals surface area contributed by atoms with Crippen molar-refractivity contribution in [3.63, 3.8) is 0 Å². The standard InChI is InChI=1S/C22H16INOS/c1-22(26-13-24)19-10-9-16(15-7-5-14(6-8-15)11-12-23)17-3-2-4-18(20(17)19)21(22)25/h2-10H,11-12H2,1H3. The molecule has 1 aliphatic rings. The Balaban J connectivity index is 1.92. The highest BCUT2D eigenvalue weighted by Crippen LogP contribution is 2.50. The van der Waals surface area contributed by atoms with E-state index < -0.39 is 4.75 Å². The van der Waals surface area contributed by atoms with E-state index in [1.54, 1.807) is 0 Å². The molecule has 0 N–H and O–H groups in total. The molecule has 1 unspecified atom stereocenters. The smallest absolute Gasteiger partial charge is 0.184 e. The van der Waals surface area contributed by atoms with E-state index in [2.05, 4.69) is 64.4 Å². The Morgan fingerprint density at radius 3 is 2.54 bits per heavy atom. The van der Waals surface area contributed by atoms with Gasteiger partial charge in [-0.15, -0.1) is 0 Å². The maximum Gasteiger partial charge on any atom is 0.184 e. The second-order valence-corrected chi connectivity index (χ2v) is 8.86. The number of ketones is 1. The summed E-state index contributed by atoms with van der Waals surface area (Å²) in [7, 11) is 0. The van der Waals surface area contributed by atoms with Gasteiger partial charge in [-0.25, -0.2) is 0 Å². The summed E-state index contributed by atoms with van der Waals surface area (Å²) in [5.41, 5.74) is 5.30.